The Morgan fingerprint density at radius 1 is 1.22 bits per heavy atom. The van der Waals surface area contributed by atoms with Crippen LogP contribution in [0.1, 0.15) is 27.8 Å². The first-order valence-corrected chi connectivity index (χ1v) is 7.06. The molecule has 0 aliphatic carbocycles. The summed E-state index contributed by atoms with van der Waals surface area (Å²) < 4.78 is 49.1. The quantitative estimate of drug-likeness (QED) is 0.848. The Bertz CT molecular complexity index is 682. The number of carbonyl (C=O) groups is 1. The van der Waals surface area contributed by atoms with Crippen molar-refractivity contribution in [2.24, 2.45) is 0 Å². The number of halogens is 3. The first-order valence-electron chi connectivity index (χ1n) is 7.06. The van der Waals surface area contributed by atoms with Gasteiger partial charge in [-0.15, -0.1) is 0 Å². The van der Waals surface area contributed by atoms with Crippen molar-refractivity contribution in [1.29, 1.82) is 0 Å². The molecule has 0 unspecified atom stereocenters. The summed E-state index contributed by atoms with van der Waals surface area (Å²) in [5, 5.41) is 0. The van der Waals surface area contributed by atoms with Crippen LogP contribution < -0.4 is 0 Å². The zero-order chi connectivity index (χ0) is 16.4. The summed E-state index contributed by atoms with van der Waals surface area (Å²) in [6, 6.07) is 7.89. The van der Waals surface area contributed by atoms with Gasteiger partial charge in [-0.05, 0) is 30.3 Å². The number of rotatable bonds is 2. The van der Waals surface area contributed by atoms with Gasteiger partial charge in [0.15, 0.2) is 0 Å². The topological polar surface area (TPSA) is 42.7 Å². The van der Waals surface area contributed by atoms with E-state index in [4.69, 9.17) is 9.15 Å². The van der Waals surface area contributed by atoms with Crippen LogP contribution in [0.5, 0.6) is 0 Å². The number of hydrogen-bond donors (Lipinski definition) is 0. The summed E-state index contributed by atoms with van der Waals surface area (Å²) in [4.78, 5) is 13.9. The number of amides is 1. The van der Waals surface area contributed by atoms with Gasteiger partial charge in [-0.25, -0.2) is 0 Å². The van der Waals surface area contributed by atoms with Crippen LogP contribution in [0, 0.1) is 0 Å². The molecule has 0 N–H and O–H groups in total. The molecule has 1 atom stereocenters. The fourth-order valence-corrected chi connectivity index (χ4v) is 2.49. The van der Waals surface area contributed by atoms with Gasteiger partial charge in [0, 0.05) is 12.1 Å². The zero-order valence-electron chi connectivity index (χ0n) is 12.0. The van der Waals surface area contributed by atoms with Gasteiger partial charge in [-0.2, -0.15) is 13.2 Å². The molecule has 0 radical (unpaired) electrons. The molecule has 1 amide bonds. The standard InChI is InChI=1S/C16H14F3NO3/c17-16(18,19)12-4-1-3-11(9-12)15(21)20-6-8-23-14(10-20)13-5-2-7-22-13/h1-5,7,9,14H,6,8,10H2/t14-/m0/s1. The van der Waals surface area contributed by atoms with Gasteiger partial charge >= 0.3 is 6.18 Å². The third-order valence-electron chi connectivity index (χ3n) is 3.65. The molecule has 1 aliphatic heterocycles. The summed E-state index contributed by atoms with van der Waals surface area (Å²) >= 11 is 0. The first kappa shape index (κ1) is 15.6. The zero-order valence-corrected chi connectivity index (χ0v) is 12.0. The van der Waals surface area contributed by atoms with Gasteiger partial charge in [-0.1, -0.05) is 6.07 Å². The molecule has 1 aromatic heterocycles. The van der Waals surface area contributed by atoms with Gasteiger partial charge in [0.25, 0.3) is 5.91 Å². The van der Waals surface area contributed by atoms with Crippen molar-refractivity contribution >= 4 is 5.91 Å². The Kier molecular flexibility index (Phi) is 4.12. The Labute approximate surface area is 130 Å². The van der Waals surface area contributed by atoms with Gasteiger partial charge in [0.05, 0.1) is 25.0 Å². The molecular formula is C16H14F3NO3. The van der Waals surface area contributed by atoms with E-state index < -0.39 is 23.8 Å². The summed E-state index contributed by atoms with van der Waals surface area (Å²) in [7, 11) is 0. The maximum atomic E-state index is 12.8. The lowest BCUT2D eigenvalue weighted by atomic mass is 10.1. The van der Waals surface area contributed by atoms with Crippen LogP contribution >= 0.6 is 0 Å². The summed E-state index contributed by atoms with van der Waals surface area (Å²) in [6.07, 6.45) is -3.38. The van der Waals surface area contributed by atoms with Crippen molar-refractivity contribution in [3.8, 4) is 0 Å². The molecule has 0 saturated carbocycles. The lowest BCUT2D eigenvalue weighted by Crippen LogP contribution is -2.42. The predicted molar refractivity (Wildman–Crippen MR) is 74.7 cm³/mol. The van der Waals surface area contributed by atoms with E-state index in [0.29, 0.717) is 18.9 Å². The molecule has 2 aromatic rings. The molecule has 3 rings (SSSR count). The Morgan fingerprint density at radius 3 is 2.74 bits per heavy atom. The number of nitrogens with zero attached hydrogens (tertiary/aromatic N) is 1. The highest BCUT2D eigenvalue weighted by atomic mass is 19.4. The third kappa shape index (κ3) is 3.39. The van der Waals surface area contributed by atoms with Gasteiger partial charge in [0.1, 0.15) is 11.9 Å². The molecule has 2 heterocycles. The van der Waals surface area contributed by atoms with E-state index in [1.165, 1.54) is 23.3 Å². The molecule has 23 heavy (non-hydrogen) atoms. The molecule has 1 saturated heterocycles. The Balaban J connectivity index is 1.77. The highest BCUT2D eigenvalue weighted by Crippen LogP contribution is 2.30. The van der Waals surface area contributed by atoms with E-state index in [2.05, 4.69) is 0 Å². The minimum Gasteiger partial charge on any atom is -0.467 e. The van der Waals surface area contributed by atoms with Gasteiger partial charge in [-0.3, -0.25) is 4.79 Å². The summed E-state index contributed by atoms with van der Waals surface area (Å²) in [5.41, 5.74) is -0.820. The van der Waals surface area contributed by atoms with Crippen molar-refractivity contribution in [2.75, 3.05) is 19.7 Å². The van der Waals surface area contributed by atoms with Crippen LogP contribution in [0.25, 0.3) is 0 Å². The molecule has 7 heteroatoms. The largest absolute Gasteiger partial charge is 0.467 e. The number of ether oxygens (including phenoxy) is 1. The molecule has 1 aliphatic rings. The minimum absolute atomic E-state index is 0.0138. The van der Waals surface area contributed by atoms with E-state index in [9.17, 15) is 18.0 Å². The SMILES string of the molecule is O=C(c1cccc(C(F)(F)F)c1)N1CCO[C@H](c2ccco2)C1. The fraction of sp³-hybridized carbons (Fsp3) is 0.312. The first-order chi connectivity index (χ1) is 10.9. The number of benzene rings is 1. The van der Waals surface area contributed by atoms with Crippen LogP contribution in [0.15, 0.2) is 47.1 Å². The maximum absolute atomic E-state index is 12.8. The molecule has 0 bridgehead atoms. The number of alkyl halides is 3. The summed E-state index contributed by atoms with van der Waals surface area (Å²) in [5.74, 6) is 0.141. The number of furan rings is 1. The minimum atomic E-state index is -4.47. The van der Waals surface area contributed by atoms with Crippen LogP contribution in [-0.2, 0) is 10.9 Å². The number of morpholine rings is 1. The maximum Gasteiger partial charge on any atom is 0.416 e. The highest BCUT2D eigenvalue weighted by Gasteiger charge is 2.32. The highest BCUT2D eigenvalue weighted by molar-refractivity contribution is 5.94. The molecule has 1 aromatic carbocycles. The van der Waals surface area contributed by atoms with Gasteiger partial charge < -0.3 is 14.1 Å². The monoisotopic (exact) mass is 325 g/mol. The van der Waals surface area contributed by atoms with Crippen LogP contribution in [0.2, 0.25) is 0 Å². The van der Waals surface area contributed by atoms with E-state index >= 15 is 0 Å². The second-order valence-corrected chi connectivity index (χ2v) is 5.20. The van der Waals surface area contributed by atoms with Crippen LogP contribution in [0.3, 0.4) is 0 Å². The molecule has 0 spiro atoms. The predicted octanol–water partition coefficient (Wildman–Crippen LogP) is 3.51. The van der Waals surface area contributed by atoms with Crippen molar-refractivity contribution in [2.45, 2.75) is 12.3 Å². The summed E-state index contributed by atoms with van der Waals surface area (Å²) in [6.45, 7) is 0.866. The van der Waals surface area contributed by atoms with Crippen molar-refractivity contribution in [1.82, 2.24) is 4.90 Å². The van der Waals surface area contributed by atoms with Gasteiger partial charge in [0.2, 0.25) is 0 Å². The van der Waals surface area contributed by atoms with Crippen LogP contribution in [-0.4, -0.2) is 30.5 Å². The lowest BCUT2D eigenvalue weighted by molar-refractivity contribution is -0.137. The second-order valence-electron chi connectivity index (χ2n) is 5.20. The smallest absolute Gasteiger partial charge is 0.416 e. The van der Waals surface area contributed by atoms with Crippen molar-refractivity contribution in [3.63, 3.8) is 0 Å². The Morgan fingerprint density at radius 2 is 2.04 bits per heavy atom. The molecule has 122 valence electrons. The van der Waals surface area contributed by atoms with E-state index in [1.54, 1.807) is 12.1 Å². The fourth-order valence-electron chi connectivity index (χ4n) is 2.49. The third-order valence-corrected chi connectivity index (χ3v) is 3.65. The van der Waals surface area contributed by atoms with Crippen molar-refractivity contribution in [3.05, 3.63) is 59.5 Å². The average molecular weight is 325 g/mol. The molecule has 1 fully saturated rings. The molecule has 4 nitrogen and oxygen atoms in total. The lowest BCUT2D eigenvalue weighted by Gasteiger charge is -2.32. The van der Waals surface area contributed by atoms with E-state index in [1.807, 2.05) is 0 Å². The normalized spacial score (nSPS) is 18.9. The Hall–Kier alpha value is -2.28. The average Bonchev–Trinajstić information content (AvgIpc) is 3.08. The second kappa shape index (κ2) is 6.08. The molecular weight excluding hydrogens is 311 g/mol. The van der Waals surface area contributed by atoms with E-state index in [-0.39, 0.29) is 12.1 Å². The number of hydrogen-bond acceptors (Lipinski definition) is 3. The van der Waals surface area contributed by atoms with Crippen molar-refractivity contribution < 1.29 is 27.1 Å². The van der Waals surface area contributed by atoms with Crippen LogP contribution in [0.4, 0.5) is 13.2 Å². The number of carbonyl (C=O) groups excluding carboxylic acids is 1. The van der Waals surface area contributed by atoms with E-state index in [0.717, 1.165) is 12.1 Å².